The van der Waals surface area contributed by atoms with E-state index in [1.165, 1.54) is 12.8 Å². The van der Waals surface area contributed by atoms with Crippen LogP contribution in [0.3, 0.4) is 0 Å². The predicted octanol–water partition coefficient (Wildman–Crippen LogP) is 3.57. The van der Waals surface area contributed by atoms with Gasteiger partial charge in [-0.1, -0.05) is 18.2 Å². The second-order valence-electron chi connectivity index (χ2n) is 9.60. The number of aliphatic carboxylic acids is 2. The van der Waals surface area contributed by atoms with E-state index in [2.05, 4.69) is 41.1 Å². The summed E-state index contributed by atoms with van der Waals surface area (Å²) < 4.78 is 13.5. The third-order valence-corrected chi connectivity index (χ3v) is 6.93. The molecule has 0 amide bonds. The molecule has 11 nitrogen and oxygen atoms in total. The van der Waals surface area contributed by atoms with Gasteiger partial charge in [-0.25, -0.2) is 9.59 Å². The number of carbonyl (C=O) groups is 2. The van der Waals surface area contributed by atoms with Crippen molar-refractivity contribution in [3.63, 3.8) is 0 Å². The van der Waals surface area contributed by atoms with E-state index in [1.807, 2.05) is 16.8 Å². The first-order chi connectivity index (χ1) is 17.3. The van der Waals surface area contributed by atoms with Gasteiger partial charge in [-0.05, 0) is 52.0 Å². The zero-order valence-corrected chi connectivity index (χ0v) is 20.8. The van der Waals surface area contributed by atoms with E-state index in [0.29, 0.717) is 23.9 Å². The van der Waals surface area contributed by atoms with E-state index in [4.69, 9.17) is 34.1 Å². The van der Waals surface area contributed by atoms with Crippen LogP contribution in [0, 0.1) is 0 Å². The Morgan fingerprint density at radius 2 is 1.78 bits per heavy atom. The first-order valence-electron chi connectivity index (χ1n) is 12.3. The molecule has 2 aliphatic rings. The Bertz CT molecular complexity index is 1180. The number of aromatic nitrogens is 4. The van der Waals surface area contributed by atoms with Crippen molar-refractivity contribution in [3.05, 3.63) is 30.2 Å². The monoisotopic (exact) mass is 499 g/mol. The summed E-state index contributed by atoms with van der Waals surface area (Å²) in [4.78, 5) is 20.9. The van der Waals surface area contributed by atoms with Gasteiger partial charge in [-0.2, -0.15) is 5.10 Å². The van der Waals surface area contributed by atoms with Crippen molar-refractivity contribution >= 4 is 22.8 Å². The first kappa shape index (κ1) is 25.8. The molecule has 36 heavy (non-hydrogen) atoms. The second kappa shape index (κ2) is 11.2. The molecule has 1 aromatic carbocycles. The van der Waals surface area contributed by atoms with E-state index in [9.17, 15) is 0 Å². The van der Waals surface area contributed by atoms with Gasteiger partial charge in [-0.3, -0.25) is 9.58 Å². The van der Waals surface area contributed by atoms with Crippen molar-refractivity contribution in [2.24, 2.45) is 0 Å². The summed E-state index contributed by atoms with van der Waals surface area (Å²) in [7, 11) is 1.78. The lowest BCUT2D eigenvalue weighted by Gasteiger charge is -2.37. The Kier molecular flexibility index (Phi) is 8.00. The van der Waals surface area contributed by atoms with Gasteiger partial charge in [0.15, 0.2) is 5.69 Å². The highest BCUT2D eigenvalue weighted by Gasteiger charge is 2.42. The van der Waals surface area contributed by atoms with E-state index < -0.39 is 11.9 Å². The van der Waals surface area contributed by atoms with Gasteiger partial charge < -0.3 is 19.4 Å². The lowest BCUT2D eigenvalue weighted by atomic mass is 9.90. The molecule has 2 aromatic heterocycles. The number of carboxylic acids is 2. The van der Waals surface area contributed by atoms with Gasteiger partial charge in [0.05, 0.1) is 5.52 Å². The fourth-order valence-electron chi connectivity index (χ4n) is 5.37. The Balaban J connectivity index is 0.000000455. The standard InChI is InChI=1S/C23H31N5O2.C2H2O4/c1-15(2)28-20-8-5-4-7-19(20)21(26-28)23-25-24-22(30-23)16-13-17-9-10-18(14-16)27(17)11-6-12-29-3;3-1(4)2(5)6/h4-5,7-8,15-18H,6,9-14H2,1-3H3;(H,3,4)(H,5,6). The van der Waals surface area contributed by atoms with Crippen molar-refractivity contribution in [1.29, 1.82) is 0 Å². The lowest BCUT2D eigenvalue weighted by Crippen LogP contribution is -2.43. The van der Waals surface area contributed by atoms with Gasteiger partial charge in [0.25, 0.3) is 5.89 Å². The molecule has 4 heterocycles. The molecule has 2 N–H and O–H groups in total. The highest BCUT2D eigenvalue weighted by atomic mass is 16.5. The van der Waals surface area contributed by atoms with Crippen LogP contribution in [0.1, 0.15) is 63.8 Å². The summed E-state index contributed by atoms with van der Waals surface area (Å²) >= 11 is 0. The molecule has 5 rings (SSSR count). The number of hydrogen-bond acceptors (Lipinski definition) is 8. The molecular weight excluding hydrogens is 466 g/mol. The minimum Gasteiger partial charge on any atom is -0.473 e. The van der Waals surface area contributed by atoms with Crippen LogP contribution in [0.2, 0.25) is 0 Å². The molecule has 0 radical (unpaired) electrons. The maximum Gasteiger partial charge on any atom is 0.414 e. The summed E-state index contributed by atoms with van der Waals surface area (Å²) in [5.74, 6) is -1.98. The summed E-state index contributed by atoms with van der Waals surface area (Å²) in [6.07, 6.45) is 5.86. The number of hydrogen-bond donors (Lipinski definition) is 2. The molecule has 3 aromatic rings. The van der Waals surface area contributed by atoms with E-state index in [0.717, 1.165) is 54.9 Å². The number of ether oxygens (including phenoxy) is 1. The quantitative estimate of drug-likeness (QED) is 0.366. The van der Waals surface area contributed by atoms with Crippen molar-refractivity contribution in [2.75, 3.05) is 20.3 Å². The summed E-state index contributed by atoms with van der Waals surface area (Å²) in [6.45, 7) is 6.24. The zero-order valence-electron chi connectivity index (χ0n) is 20.8. The fraction of sp³-hybridized carbons (Fsp3) is 0.560. The lowest BCUT2D eigenvalue weighted by molar-refractivity contribution is -0.159. The molecular formula is C25H33N5O6. The Hall–Kier alpha value is -3.31. The maximum absolute atomic E-state index is 9.10. The van der Waals surface area contributed by atoms with Gasteiger partial charge in [0.1, 0.15) is 0 Å². The van der Waals surface area contributed by atoms with Crippen LogP contribution in [0.5, 0.6) is 0 Å². The number of piperidine rings is 1. The normalized spacial score (nSPS) is 21.5. The number of rotatable bonds is 7. The minimum absolute atomic E-state index is 0.268. The minimum atomic E-state index is -1.82. The number of carboxylic acid groups (broad SMARTS) is 2. The Labute approximate surface area is 209 Å². The van der Waals surface area contributed by atoms with Crippen molar-refractivity contribution in [2.45, 2.75) is 70.0 Å². The Morgan fingerprint density at radius 1 is 1.11 bits per heavy atom. The van der Waals surface area contributed by atoms with E-state index in [1.54, 1.807) is 7.11 Å². The van der Waals surface area contributed by atoms with E-state index in [-0.39, 0.29) is 6.04 Å². The van der Waals surface area contributed by atoms with Crippen LogP contribution in [0.15, 0.2) is 28.7 Å². The van der Waals surface area contributed by atoms with Gasteiger partial charge >= 0.3 is 11.9 Å². The molecule has 2 unspecified atom stereocenters. The average Bonchev–Trinajstić information content (AvgIpc) is 3.54. The van der Waals surface area contributed by atoms with Crippen molar-refractivity contribution in [3.8, 4) is 11.6 Å². The smallest absolute Gasteiger partial charge is 0.414 e. The molecule has 2 saturated heterocycles. The third-order valence-electron chi connectivity index (χ3n) is 6.93. The maximum atomic E-state index is 9.10. The van der Waals surface area contributed by atoms with Crippen LogP contribution < -0.4 is 0 Å². The largest absolute Gasteiger partial charge is 0.473 e. The van der Waals surface area contributed by atoms with Crippen LogP contribution in [-0.4, -0.2) is 79.4 Å². The highest BCUT2D eigenvalue weighted by Crippen LogP contribution is 2.43. The molecule has 0 aliphatic carbocycles. The van der Waals surface area contributed by atoms with Crippen LogP contribution in [-0.2, 0) is 14.3 Å². The number of nitrogens with zero attached hydrogens (tertiary/aromatic N) is 5. The molecule has 0 spiro atoms. The molecule has 2 fully saturated rings. The van der Waals surface area contributed by atoms with Gasteiger partial charge in [0, 0.05) is 49.7 Å². The second-order valence-corrected chi connectivity index (χ2v) is 9.60. The van der Waals surface area contributed by atoms with Gasteiger partial charge in [-0.15, -0.1) is 10.2 Å². The van der Waals surface area contributed by atoms with Crippen LogP contribution >= 0.6 is 0 Å². The topological polar surface area (TPSA) is 144 Å². The summed E-state index contributed by atoms with van der Waals surface area (Å²) in [5, 5.41) is 29.5. The number of fused-ring (bicyclic) bond motifs is 3. The number of para-hydroxylation sites is 1. The van der Waals surface area contributed by atoms with Crippen molar-refractivity contribution < 1.29 is 29.0 Å². The predicted molar refractivity (Wildman–Crippen MR) is 131 cm³/mol. The van der Waals surface area contributed by atoms with Crippen LogP contribution in [0.4, 0.5) is 0 Å². The third kappa shape index (κ3) is 5.41. The molecule has 2 aliphatic heterocycles. The molecule has 2 atom stereocenters. The van der Waals surface area contributed by atoms with Gasteiger partial charge in [0.2, 0.25) is 5.89 Å². The first-order valence-corrected chi connectivity index (χ1v) is 12.3. The summed E-state index contributed by atoms with van der Waals surface area (Å²) in [6, 6.07) is 9.78. The molecule has 2 bridgehead atoms. The van der Waals surface area contributed by atoms with Crippen molar-refractivity contribution in [1.82, 2.24) is 24.9 Å². The fourth-order valence-corrected chi connectivity index (χ4v) is 5.37. The highest BCUT2D eigenvalue weighted by molar-refractivity contribution is 6.27. The molecule has 0 saturated carbocycles. The molecule has 194 valence electrons. The zero-order chi connectivity index (χ0) is 25.8. The number of benzene rings is 1. The SMILES string of the molecule is COCCCN1C2CCC1CC(c1nnc(-c3nn(C(C)C)c4ccccc34)o1)C2.O=C(O)C(=O)O. The molecule has 11 heteroatoms. The van der Waals surface area contributed by atoms with E-state index >= 15 is 0 Å². The van der Waals surface area contributed by atoms with Crippen LogP contribution in [0.25, 0.3) is 22.5 Å². The summed E-state index contributed by atoms with van der Waals surface area (Å²) in [5.41, 5.74) is 1.89. The number of methoxy groups -OCH3 is 1. The average molecular weight is 500 g/mol. The Morgan fingerprint density at radius 3 is 2.39 bits per heavy atom.